The summed E-state index contributed by atoms with van der Waals surface area (Å²) in [6.07, 6.45) is 0. The summed E-state index contributed by atoms with van der Waals surface area (Å²) >= 11 is 0. The van der Waals surface area contributed by atoms with Crippen LogP contribution in [0.5, 0.6) is 0 Å². The number of nitrogens with zero attached hydrogens (tertiary/aromatic N) is 1. The Morgan fingerprint density at radius 2 is 0.734 bits per heavy atom. The van der Waals surface area contributed by atoms with E-state index < -0.39 is 5.41 Å². The van der Waals surface area contributed by atoms with Crippen LogP contribution in [-0.4, -0.2) is 0 Å². The lowest BCUT2D eigenvalue weighted by Crippen LogP contribution is -2.28. The SMILES string of the molecule is c1ccc(-c2cccc(N(c3ccc4c(c3)c(-c3ccccc3)c(-c3ccccc3)c3ccccc34)c3cccc4c3-c3ccccc3C4(c3ccccc3)c3ccccc3)c2)cc1. The fourth-order valence-corrected chi connectivity index (χ4v) is 10.7. The van der Waals surface area contributed by atoms with Crippen molar-refractivity contribution >= 4 is 38.6 Å². The third-order valence-corrected chi connectivity index (χ3v) is 13.3. The van der Waals surface area contributed by atoms with Crippen molar-refractivity contribution in [2.24, 2.45) is 0 Å². The van der Waals surface area contributed by atoms with Crippen LogP contribution in [0.15, 0.2) is 261 Å². The Morgan fingerprint density at radius 3 is 1.39 bits per heavy atom. The first-order valence-electron chi connectivity index (χ1n) is 22.2. The van der Waals surface area contributed by atoms with Crippen molar-refractivity contribution in [3.63, 3.8) is 0 Å². The molecule has 0 amide bonds. The van der Waals surface area contributed by atoms with Crippen LogP contribution in [0.2, 0.25) is 0 Å². The maximum absolute atomic E-state index is 2.51. The van der Waals surface area contributed by atoms with E-state index in [-0.39, 0.29) is 0 Å². The Kier molecular flexibility index (Phi) is 9.13. The Labute approximate surface area is 374 Å². The molecule has 11 aromatic rings. The zero-order valence-corrected chi connectivity index (χ0v) is 35.3. The van der Waals surface area contributed by atoms with Gasteiger partial charge >= 0.3 is 0 Å². The molecule has 1 aliphatic rings. The van der Waals surface area contributed by atoms with Crippen LogP contribution in [0.25, 0.3) is 66.1 Å². The van der Waals surface area contributed by atoms with E-state index in [1.165, 1.54) is 88.3 Å². The first-order valence-corrected chi connectivity index (χ1v) is 22.2. The number of rotatable bonds is 8. The standard InChI is InChI=1S/C63H43N/c1-6-22-44(23-7-1)47-28-20-33-50(42-47)64(59-39-21-38-58-62(59)55-36-18-19-37-57(55)63(58,48-29-12-4-13-30-48)49-31-14-5-15-32-49)51-40-41-53-52-34-16-17-35-54(52)60(45-24-8-2-9-25-45)61(56(53)43-51)46-26-10-3-11-27-46/h1-43H. The molecule has 0 N–H and O–H groups in total. The topological polar surface area (TPSA) is 3.24 Å². The zero-order chi connectivity index (χ0) is 42.5. The van der Waals surface area contributed by atoms with Gasteiger partial charge in [-0.05, 0) is 113 Å². The molecule has 1 heteroatoms. The van der Waals surface area contributed by atoms with Crippen molar-refractivity contribution in [2.75, 3.05) is 4.90 Å². The number of hydrogen-bond acceptors (Lipinski definition) is 1. The third kappa shape index (κ3) is 5.93. The van der Waals surface area contributed by atoms with Crippen LogP contribution in [0.4, 0.5) is 17.1 Å². The van der Waals surface area contributed by atoms with Gasteiger partial charge in [0.15, 0.2) is 0 Å². The molecule has 0 spiro atoms. The van der Waals surface area contributed by atoms with E-state index in [1.807, 2.05) is 0 Å². The second-order valence-corrected chi connectivity index (χ2v) is 16.7. The van der Waals surface area contributed by atoms with E-state index in [9.17, 15) is 0 Å². The van der Waals surface area contributed by atoms with Crippen molar-refractivity contribution in [1.29, 1.82) is 0 Å². The van der Waals surface area contributed by atoms with Gasteiger partial charge < -0.3 is 4.90 Å². The van der Waals surface area contributed by atoms with Crippen LogP contribution in [0.1, 0.15) is 22.3 Å². The van der Waals surface area contributed by atoms with Gasteiger partial charge in [-0.25, -0.2) is 0 Å². The molecule has 0 aliphatic heterocycles. The molecule has 0 radical (unpaired) electrons. The minimum absolute atomic E-state index is 0.532. The molecule has 0 bridgehead atoms. The van der Waals surface area contributed by atoms with Gasteiger partial charge in [0, 0.05) is 16.9 Å². The summed E-state index contributed by atoms with van der Waals surface area (Å²) in [4.78, 5) is 2.51. The second-order valence-electron chi connectivity index (χ2n) is 16.7. The molecule has 1 nitrogen and oxygen atoms in total. The number of benzene rings is 11. The molecule has 0 saturated heterocycles. The smallest absolute Gasteiger partial charge is 0.0714 e. The highest BCUT2D eigenvalue weighted by molar-refractivity contribution is 6.22. The Balaban J connectivity index is 1.20. The van der Waals surface area contributed by atoms with Crippen LogP contribution in [-0.2, 0) is 5.41 Å². The fraction of sp³-hybridized carbons (Fsp3) is 0.0159. The van der Waals surface area contributed by atoms with Gasteiger partial charge in [-0.3, -0.25) is 0 Å². The average Bonchev–Trinajstić information content (AvgIpc) is 3.69. The van der Waals surface area contributed by atoms with Gasteiger partial charge in [0.1, 0.15) is 0 Å². The molecule has 0 unspecified atom stereocenters. The summed E-state index contributed by atoms with van der Waals surface area (Å²) in [7, 11) is 0. The minimum Gasteiger partial charge on any atom is -0.310 e. The molecule has 1 aliphatic carbocycles. The normalized spacial score (nSPS) is 12.5. The lowest BCUT2D eigenvalue weighted by molar-refractivity contribution is 0.768. The molecule has 0 heterocycles. The summed E-state index contributed by atoms with van der Waals surface area (Å²) in [6.45, 7) is 0. The maximum Gasteiger partial charge on any atom is 0.0714 e. The highest BCUT2D eigenvalue weighted by Crippen LogP contribution is 2.60. The Bertz CT molecular complexity index is 3430. The molecule has 64 heavy (non-hydrogen) atoms. The summed E-state index contributed by atoms with van der Waals surface area (Å²) in [5.74, 6) is 0. The highest BCUT2D eigenvalue weighted by atomic mass is 15.1. The van der Waals surface area contributed by atoms with Crippen molar-refractivity contribution in [2.45, 2.75) is 5.41 Å². The van der Waals surface area contributed by atoms with Gasteiger partial charge in [-0.1, -0.05) is 231 Å². The first-order chi connectivity index (χ1) is 31.8. The summed E-state index contributed by atoms with van der Waals surface area (Å²) in [5, 5.41) is 4.93. The van der Waals surface area contributed by atoms with E-state index in [0.717, 1.165) is 17.1 Å². The monoisotopic (exact) mass is 813 g/mol. The van der Waals surface area contributed by atoms with Gasteiger partial charge in [-0.2, -0.15) is 0 Å². The predicted octanol–water partition coefficient (Wildman–Crippen LogP) is 16.8. The van der Waals surface area contributed by atoms with Gasteiger partial charge in [0.25, 0.3) is 0 Å². The van der Waals surface area contributed by atoms with E-state index >= 15 is 0 Å². The zero-order valence-electron chi connectivity index (χ0n) is 35.3. The van der Waals surface area contributed by atoms with Crippen molar-refractivity contribution < 1.29 is 0 Å². The van der Waals surface area contributed by atoms with Gasteiger partial charge in [0.2, 0.25) is 0 Å². The summed E-state index contributed by atoms with van der Waals surface area (Å²) in [5.41, 5.74) is 17.6. The van der Waals surface area contributed by atoms with Crippen LogP contribution in [0, 0.1) is 0 Å². The van der Waals surface area contributed by atoms with Gasteiger partial charge in [0.05, 0.1) is 11.1 Å². The Hall–Kier alpha value is -8.26. The second kappa shape index (κ2) is 15.6. The van der Waals surface area contributed by atoms with E-state index in [1.54, 1.807) is 0 Å². The minimum atomic E-state index is -0.532. The van der Waals surface area contributed by atoms with Crippen LogP contribution in [0.3, 0.4) is 0 Å². The number of fused-ring (bicyclic) bond motifs is 6. The van der Waals surface area contributed by atoms with Crippen molar-refractivity contribution in [1.82, 2.24) is 0 Å². The maximum atomic E-state index is 2.51. The fourth-order valence-electron chi connectivity index (χ4n) is 10.7. The Morgan fingerprint density at radius 1 is 0.266 bits per heavy atom. The third-order valence-electron chi connectivity index (χ3n) is 13.3. The van der Waals surface area contributed by atoms with E-state index in [4.69, 9.17) is 0 Å². The molecular weight excluding hydrogens is 771 g/mol. The first kappa shape index (κ1) is 37.5. The van der Waals surface area contributed by atoms with E-state index in [0.29, 0.717) is 0 Å². The summed E-state index contributed by atoms with van der Waals surface area (Å²) < 4.78 is 0. The lowest BCUT2D eigenvalue weighted by Gasteiger charge is -2.34. The molecular formula is C63H43N. The van der Waals surface area contributed by atoms with E-state index in [2.05, 4.69) is 266 Å². The molecule has 0 fully saturated rings. The molecule has 0 saturated carbocycles. The molecule has 300 valence electrons. The molecule has 0 atom stereocenters. The summed E-state index contributed by atoms with van der Waals surface area (Å²) in [6, 6.07) is 95.9. The van der Waals surface area contributed by atoms with Gasteiger partial charge in [-0.15, -0.1) is 0 Å². The van der Waals surface area contributed by atoms with Crippen LogP contribution >= 0.6 is 0 Å². The van der Waals surface area contributed by atoms with Crippen molar-refractivity contribution in [3.05, 3.63) is 283 Å². The molecule has 0 aromatic heterocycles. The largest absolute Gasteiger partial charge is 0.310 e. The van der Waals surface area contributed by atoms with Crippen LogP contribution < -0.4 is 4.90 Å². The lowest BCUT2D eigenvalue weighted by atomic mass is 9.68. The highest BCUT2D eigenvalue weighted by Gasteiger charge is 2.47. The number of hydrogen-bond donors (Lipinski definition) is 0. The average molecular weight is 814 g/mol. The molecule has 11 aromatic carbocycles. The number of anilines is 3. The molecule has 12 rings (SSSR count). The predicted molar refractivity (Wildman–Crippen MR) is 270 cm³/mol. The quantitative estimate of drug-likeness (QED) is 0.138. The van der Waals surface area contributed by atoms with Crippen molar-refractivity contribution in [3.8, 4) is 44.5 Å².